The minimum absolute atomic E-state index is 0.00858. The average Bonchev–Trinajstić information content (AvgIpc) is 3.11. The van der Waals surface area contributed by atoms with Crippen molar-refractivity contribution in [1.29, 1.82) is 0 Å². The molecule has 7 heteroatoms. The summed E-state index contributed by atoms with van der Waals surface area (Å²) in [6, 6.07) is 7.16. The second-order valence-electron chi connectivity index (χ2n) is 9.47. The van der Waals surface area contributed by atoms with Gasteiger partial charge in [0.25, 0.3) is 0 Å². The molecule has 1 aromatic heterocycles. The van der Waals surface area contributed by atoms with Crippen molar-refractivity contribution in [3.63, 3.8) is 0 Å². The van der Waals surface area contributed by atoms with Gasteiger partial charge in [0.15, 0.2) is 5.82 Å². The third-order valence-electron chi connectivity index (χ3n) is 6.90. The third kappa shape index (κ3) is 6.03. The van der Waals surface area contributed by atoms with Crippen molar-refractivity contribution in [2.24, 2.45) is 5.92 Å². The van der Waals surface area contributed by atoms with Crippen LogP contribution in [0.25, 0.3) is 0 Å². The Bertz CT molecular complexity index is 912. The van der Waals surface area contributed by atoms with Gasteiger partial charge in [-0.1, -0.05) is 12.5 Å². The lowest BCUT2D eigenvalue weighted by Gasteiger charge is -2.34. The van der Waals surface area contributed by atoms with Crippen LogP contribution < -0.4 is 5.32 Å². The molecule has 1 saturated heterocycles. The van der Waals surface area contributed by atoms with Crippen LogP contribution in [-0.2, 0) is 11.3 Å². The molecule has 2 aromatic rings. The smallest absolute Gasteiger partial charge is 0.413 e. The lowest BCUT2D eigenvalue weighted by Crippen LogP contribution is -2.36. The molecule has 174 valence electrons. The van der Waals surface area contributed by atoms with Crippen LogP contribution in [0.5, 0.6) is 5.75 Å². The predicted molar refractivity (Wildman–Crippen MR) is 125 cm³/mol. The van der Waals surface area contributed by atoms with Crippen molar-refractivity contribution >= 4 is 11.9 Å². The molecule has 1 saturated carbocycles. The van der Waals surface area contributed by atoms with E-state index in [1.165, 1.54) is 38.9 Å². The van der Waals surface area contributed by atoms with Gasteiger partial charge in [0.2, 0.25) is 0 Å². The molecule has 0 atom stereocenters. The topological polar surface area (TPSA) is 79.6 Å². The monoisotopic (exact) mass is 440 g/mol. The van der Waals surface area contributed by atoms with Crippen LogP contribution in [0.15, 0.2) is 24.3 Å². The summed E-state index contributed by atoms with van der Waals surface area (Å²) >= 11 is 0. The minimum Gasteiger partial charge on any atom is -0.508 e. The van der Waals surface area contributed by atoms with Gasteiger partial charge in [-0.05, 0) is 94.6 Å². The zero-order chi connectivity index (χ0) is 22.5. The number of aromatic hydroxyl groups is 1. The number of aryl methyl sites for hydroxylation is 2. The van der Waals surface area contributed by atoms with Gasteiger partial charge in [-0.3, -0.25) is 10.00 Å². The van der Waals surface area contributed by atoms with E-state index in [0.717, 1.165) is 48.4 Å². The van der Waals surface area contributed by atoms with Gasteiger partial charge >= 0.3 is 6.09 Å². The van der Waals surface area contributed by atoms with Gasteiger partial charge in [0.1, 0.15) is 11.9 Å². The number of rotatable bonds is 6. The Labute approximate surface area is 190 Å². The van der Waals surface area contributed by atoms with Crippen molar-refractivity contribution in [2.45, 2.75) is 71.4 Å². The number of aromatic nitrogens is 2. The number of anilines is 1. The number of piperidine rings is 1. The van der Waals surface area contributed by atoms with Gasteiger partial charge in [0, 0.05) is 18.3 Å². The van der Waals surface area contributed by atoms with Gasteiger partial charge in [0.05, 0.1) is 6.54 Å². The molecule has 2 aliphatic rings. The van der Waals surface area contributed by atoms with Crippen molar-refractivity contribution < 1.29 is 14.6 Å². The van der Waals surface area contributed by atoms with Crippen molar-refractivity contribution in [3.05, 3.63) is 41.1 Å². The van der Waals surface area contributed by atoms with E-state index in [1.807, 2.05) is 30.7 Å². The number of likely N-dealkylation sites (tertiary alicyclic amines) is 1. The molecular weight excluding hydrogens is 404 g/mol. The largest absolute Gasteiger partial charge is 0.508 e. The summed E-state index contributed by atoms with van der Waals surface area (Å²) < 4.78 is 7.51. The number of phenolic OH excluding ortho intramolecular Hbond substituents is 1. The van der Waals surface area contributed by atoms with E-state index in [4.69, 9.17) is 4.74 Å². The molecular formula is C25H36N4O3. The number of carbonyl (C=O) groups excluding carboxylic acids is 1. The normalized spacial score (nSPS) is 21.9. The van der Waals surface area contributed by atoms with E-state index >= 15 is 0 Å². The fourth-order valence-corrected chi connectivity index (χ4v) is 4.95. The first-order valence-corrected chi connectivity index (χ1v) is 12.0. The molecule has 2 fully saturated rings. The van der Waals surface area contributed by atoms with E-state index in [9.17, 15) is 9.90 Å². The van der Waals surface area contributed by atoms with Crippen molar-refractivity contribution in [2.75, 3.05) is 25.0 Å². The number of amides is 1. The van der Waals surface area contributed by atoms with Crippen LogP contribution in [0.3, 0.4) is 0 Å². The second-order valence-corrected chi connectivity index (χ2v) is 9.47. The second kappa shape index (κ2) is 10.4. The van der Waals surface area contributed by atoms with E-state index in [1.54, 1.807) is 12.1 Å². The molecule has 2 N–H and O–H groups in total. The maximum Gasteiger partial charge on any atom is 0.413 e. The Morgan fingerprint density at radius 1 is 1.12 bits per heavy atom. The highest BCUT2D eigenvalue weighted by Crippen LogP contribution is 2.28. The number of benzene rings is 1. The lowest BCUT2D eigenvalue weighted by atomic mass is 9.86. The summed E-state index contributed by atoms with van der Waals surface area (Å²) in [7, 11) is 0. The number of hydrogen-bond donors (Lipinski definition) is 2. The number of nitrogens with zero attached hydrogens (tertiary/aromatic N) is 3. The first-order valence-electron chi connectivity index (χ1n) is 12.0. The number of phenols is 1. The number of hydrogen-bond acceptors (Lipinski definition) is 5. The molecule has 7 nitrogen and oxygen atoms in total. The Balaban J connectivity index is 1.24. The Morgan fingerprint density at radius 3 is 2.62 bits per heavy atom. The van der Waals surface area contributed by atoms with Gasteiger partial charge in [-0.15, -0.1) is 0 Å². The van der Waals surface area contributed by atoms with Crippen LogP contribution in [-0.4, -0.2) is 51.6 Å². The van der Waals surface area contributed by atoms with Gasteiger partial charge < -0.3 is 14.7 Å². The zero-order valence-corrected chi connectivity index (χ0v) is 19.3. The summed E-state index contributed by atoms with van der Waals surface area (Å²) in [5.74, 6) is 1.46. The Hall–Kier alpha value is -2.54. The number of nitrogens with one attached hydrogen (secondary N) is 1. The summed E-state index contributed by atoms with van der Waals surface area (Å²) in [6.07, 6.45) is 7.75. The molecule has 1 aliphatic heterocycles. The molecule has 4 rings (SSSR count). The minimum atomic E-state index is -0.428. The molecule has 1 aliphatic carbocycles. The molecule has 0 spiro atoms. The summed E-state index contributed by atoms with van der Waals surface area (Å²) in [4.78, 5) is 15.0. The molecule has 1 aromatic carbocycles. The molecule has 0 bridgehead atoms. The average molecular weight is 441 g/mol. The summed E-state index contributed by atoms with van der Waals surface area (Å²) in [5, 5.41) is 17.0. The molecule has 1 amide bonds. The first kappa shape index (κ1) is 22.6. The summed E-state index contributed by atoms with van der Waals surface area (Å²) in [6.45, 7) is 8.18. The number of carbonyl (C=O) groups is 1. The number of ether oxygens (including phenoxy) is 1. The standard InChI is InChI=1S/C25H36N4O3/c1-18-6-9-22(30)15-21(18)17-29-19(2)14-24(27-29)26-25(31)32-23-10-7-20(8-11-23)16-28-12-4-3-5-13-28/h6,9,14-15,20,23,30H,3-5,7-8,10-13,16-17H2,1-2H3,(H,26,27,31). The van der Waals surface area contributed by atoms with Gasteiger partial charge in [-0.2, -0.15) is 5.10 Å². The maximum atomic E-state index is 12.4. The van der Waals surface area contributed by atoms with E-state index < -0.39 is 6.09 Å². The SMILES string of the molecule is Cc1ccc(O)cc1Cn1nc(NC(=O)OC2CCC(CN3CCCCC3)CC2)cc1C. The van der Waals surface area contributed by atoms with Crippen LogP contribution in [0.1, 0.15) is 61.8 Å². The molecule has 0 radical (unpaired) electrons. The van der Waals surface area contributed by atoms with Crippen LogP contribution >= 0.6 is 0 Å². The fourth-order valence-electron chi connectivity index (χ4n) is 4.95. The van der Waals surface area contributed by atoms with E-state index in [0.29, 0.717) is 12.4 Å². The van der Waals surface area contributed by atoms with Gasteiger partial charge in [-0.25, -0.2) is 4.79 Å². The highest BCUT2D eigenvalue weighted by molar-refractivity contribution is 5.83. The Morgan fingerprint density at radius 2 is 1.88 bits per heavy atom. The molecule has 0 unspecified atom stereocenters. The van der Waals surface area contributed by atoms with E-state index in [-0.39, 0.29) is 11.9 Å². The van der Waals surface area contributed by atoms with Crippen molar-refractivity contribution in [1.82, 2.24) is 14.7 Å². The predicted octanol–water partition coefficient (Wildman–Crippen LogP) is 4.85. The maximum absolute atomic E-state index is 12.4. The first-order chi connectivity index (χ1) is 15.5. The fraction of sp³-hybridized carbons (Fsp3) is 0.600. The lowest BCUT2D eigenvalue weighted by molar-refractivity contribution is 0.0650. The van der Waals surface area contributed by atoms with E-state index in [2.05, 4.69) is 15.3 Å². The molecule has 2 heterocycles. The van der Waals surface area contributed by atoms with Crippen LogP contribution in [0, 0.1) is 19.8 Å². The summed E-state index contributed by atoms with van der Waals surface area (Å²) in [5.41, 5.74) is 3.01. The van der Waals surface area contributed by atoms with Crippen LogP contribution in [0.4, 0.5) is 10.6 Å². The van der Waals surface area contributed by atoms with Crippen molar-refractivity contribution in [3.8, 4) is 5.75 Å². The quantitative estimate of drug-likeness (QED) is 0.671. The zero-order valence-electron chi connectivity index (χ0n) is 19.3. The molecule has 32 heavy (non-hydrogen) atoms. The third-order valence-corrected chi connectivity index (χ3v) is 6.90. The highest BCUT2D eigenvalue weighted by Gasteiger charge is 2.26. The van der Waals surface area contributed by atoms with Crippen LogP contribution in [0.2, 0.25) is 0 Å². The highest BCUT2D eigenvalue weighted by atomic mass is 16.6. The Kier molecular flexibility index (Phi) is 7.35.